The lowest BCUT2D eigenvalue weighted by Gasteiger charge is -2.22. The third kappa shape index (κ3) is 6.38. The van der Waals surface area contributed by atoms with Gasteiger partial charge in [-0.1, -0.05) is 20.8 Å². The van der Waals surface area contributed by atoms with Crippen molar-refractivity contribution < 1.29 is 19.5 Å². The van der Waals surface area contributed by atoms with Gasteiger partial charge in [0.15, 0.2) is 0 Å². The summed E-state index contributed by atoms with van der Waals surface area (Å²) < 4.78 is 0. The molecular formula is C19H29N3O4. The number of carbonyl (C=O) groups excluding carboxylic acids is 2. The number of anilines is 1. The summed E-state index contributed by atoms with van der Waals surface area (Å²) in [6.45, 7) is 7.17. The van der Waals surface area contributed by atoms with E-state index in [1.165, 1.54) is 4.90 Å². The van der Waals surface area contributed by atoms with Gasteiger partial charge in [-0.05, 0) is 37.1 Å². The summed E-state index contributed by atoms with van der Waals surface area (Å²) in [6, 6.07) is 6.34. The minimum absolute atomic E-state index is 0.0148. The third-order valence-electron chi connectivity index (χ3n) is 3.97. The molecule has 1 aromatic carbocycles. The van der Waals surface area contributed by atoms with E-state index in [1.54, 1.807) is 38.2 Å². The number of amides is 3. The molecule has 3 amide bonds. The molecule has 0 aliphatic rings. The highest BCUT2D eigenvalue weighted by Crippen LogP contribution is 2.13. The fraction of sp³-hybridized carbons (Fsp3) is 0.526. The van der Waals surface area contributed by atoms with Crippen molar-refractivity contribution in [3.63, 3.8) is 0 Å². The maximum atomic E-state index is 12.5. The fourth-order valence-corrected chi connectivity index (χ4v) is 2.52. The number of urea groups is 1. The quantitative estimate of drug-likeness (QED) is 0.705. The van der Waals surface area contributed by atoms with Crippen molar-refractivity contribution in [1.82, 2.24) is 9.80 Å². The number of hydrogen-bond donors (Lipinski definition) is 2. The van der Waals surface area contributed by atoms with Crippen molar-refractivity contribution in [3.8, 4) is 0 Å². The molecule has 0 aliphatic heterocycles. The molecule has 1 unspecified atom stereocenters. The zero-order chi connectivity index (χ0) is 19.7. The van der Waals surface area contributed by atoms with Crippen molar-refractivity contribution in [3.05, 3.63) is 29.8 Å². The number of carboxylic acids is 1. The number of carboxylic acid groups (broad SMARTS) is 1. The number of hydrogen-bond acceptors (Lipinski definition) is 3. The summed E-state index contributed by atoms with van der Waals surface area (Å²) in [5, 5.41) is 11.6. The molecule has 0 saturated heterocycles. The van der Waals surface area contributed by atoms with Crippen molar-refractivity contribution >= 4 is 23.6 Å². The van der Waals surface area contributed by atoms with Crippen LogP contribution >= 0.6 is 0 Å². The first-order chi connectivity index (χ1) is 12.3. The molecule has 0 bridgehead atoms. The Balaban J connectivity index is 2.70. The monoisotopic (exact) mass is 363 g/mol. The lowest BCUT2D eigenvalue weighted by molar-refractivity contribution is -0.141. The summed E-state index contributed by atoms with van der Waals surface area (Å²) in [6.07, 6.45) is 1.81. The first-order valence-electron chi connectivity index (χ1n) is 8.94. The van der Waals surface area contributed by atoms with Gasteiger partial charge in [0.05, 0.1) is 5.92 Å². The van der Waals surface area contributed by atoms with Crippen LogP contribution in [0.1, 0.15) is 44.0 Å². The van der Waals surface area contributed by atoms with Gasteiger partial charge >= 0.3 is 12.0 Å². The smallest absolute Gasteiger partial charge is 0.321 e. The van der Waals surface area contributed by atoms with E-state index in [4.69, 9.17) is 5.11 Å². The summed E-state index contributed by atoms with van der Waals surface area (Å²) in [7, 11) is 1.54. The molecule has 0 heterocycles. The zero-order valence-corrected chi connectivity index (χ0v) is 16.0. The lowest BCUT2D eigenvalue weighted by Crippen LogP contribution is -2.36. The minimum Gasteiger partial charge on any atom is -0.481 e. The van der Waals surface area contributed by atoms with Crippen LogP contribution < -0.4 is 5.32 Å². The van der Waals surface area contributed by atoms with Crippen LogP contribution in [0.5, 0.6) is 0 Å². The predicted octanol–water partition coefficient (Wildman–Crippen LogP) is 3.13. The normalized spacial score (nSPS) is 11.5. The van der Waals surface area contributed by atoms with E-state index in [-0.39, 0.29) is 12.5 Å². The lowest BCUT2D eigenvalue weighted by atomic mass is 10.1. The van der Waals surface area contributed by atoms with E-state index in [1.807, 2.05) is 18.7 Å². The number of nitrogens with zero attached hydrogens (tertiary/aromatic N) is 2. The highest BCUT2D eigenvalue weighted by atomic mass is 16.4. The molecule has 0 radical (unpaired) electrons. The van der Waals surface area contributed by atoms with E-state index < -0.39 is 17.9 Å². The van der Waals surface area contributed by atoms with Crippen LogP contribution in [-0.4, -0.2) is 59.5 Å². The second-order valence-corrected chi connectivity index (χ2v) is 6.42. The van der Waals surface area contributed by atoms with Crippen LogP contribution in [0, 0.1) is 5.92 Å². The standard InChI is InChI=1S/C19H29N3O4/c1-5-11-22(12-6-2)17(23)15-7-9-16(10-8-15)20-19(26)21(4)13-14(3)18(24)25/h7-10,14H,5-6,11-13H2,1-4H3,(H,20,26)(H,24,25). The topological polar surface area (TPSA) is 90.0 Å². The van der Waals surface area contributed by atoms with E-state index >= 15 is 0 Å². The Morgan fingerprint density at radius 3 is 2.08 bits per heavy atom. The molecule has 0 spiro atoms. The number of carbonyl (C=O) groups is 3. The molecule has 2 N–H and O–H groups in total. The van der Waals surface area contributed by atoms with Crippen LogP contribution in [0.2, 0.25) is 0 Å². The Hall–Kier alpha value is -2.57. The molecule has 7 heteroatoms. The van der Waals surface area contributed by atoms with E-state index in [9.17, 15) is 14.4 Å². The fourth-order valence-electron chi connectivity index (χ4n) is 2.52. The molecule has 0 saturated carbocycles. The van der Waals surface area contributed by atoms with Gasteiger partial charge in [-0.15, -0.1) is 0 Å². The first-order valence-corrected chi connectivity index (χ1v) is 8.94. The van der Waals surface area contributed by atoms with Gasteiger partial charge in [-0.2, -0.15) is 0 Å². The van der Waals surface area contributed by atoms with E-state index in [2.05, 4.69) is 5.32 Å². The number of aliphatic carboxylic acids is 1. The number of rotatable bonds is 9. The second-order valence-electron chi connectivity index (χ2n) is 6.42. The van der Waals surface area contributed by atoms with Gasteiger partial charge in [0.1, 0.15) is 0 Å². The van der Waals surface area contributed by atoms with Crippen LogP contribution in [0.15, 0.2) is 24.3 Å². The average Bonchev–Trinajstić information content (AvgIpc) is 2.61. The highest BCUT2D eigenvalue weighted by Gasteiger charge is 2.18. The Labute approximate surface area is 155 Å². The third-order valence-corrected chi connectivity index (χ3v) is 3.97. The van der Waals surface area contributed by atoms with Gasteiger partial charge in [0.25, 0.3) is 5.91 Å². The molecule has 0 fully saturated rings. The van der Waals surface area contributed by atoms with Gasteiger partial charge in [0.2, 0.25) is 0 Å². The average molecular weight is 363 g/mol. The molecule has 1 rings (SSSR count). The number of benzene rings is 1. The zero-order valence-electron chi connectivity index (χ0n) is 16.0. The van der Waals surface area contributed by atoms with Crippen molar-refractivity contribution in [2.75, 3.05) is 32.0 Å². The summed E-state index contributed by atoms with van der Waals surface area (Å²) in [4.78, 5) is 38.7. The van der Waals surface area contributed by atoms with Crippen LogP contribution in [-0.2, 0) is 4.79 Å². The van der Waals surface area contributed by atoms with Crippen LogP contribution in [0.4, 0.5) is 10.5 Å². The molecule has 7 nitrogen and oxygen atoms in total. The van der Waals surface area contributed by atoms with Gasteiger partial charge < -0.3 is 20.2 Å². The largest absolute Gasteiger partial charge is 0.481 e. The number of nitrogens with one attached hydrogen (secondary N) is 1. The summed E-state index contributed by atoms with van der Waals surface area (Å²) in [5.41, 5.74) is 1.14. The first kappa shape index (κ1) is 21.5. The Morgan fingerprint density at radius 1 is 1.08 bits per heavy atom. The molecule has 1 atom stereocenters. The van der Waals surface area contributed by atoms with Crippen LogP contribution in [0.25, 0.3) is 0 Å². The summed E-state index contributed by atoms with van der Waals surface area (Å²) in [5.74, 6) is -1.61. The molecule has 0 aromatic heterocycles. The maximum Gasteiger partial charge on any atom is 0.321 e. The molecule has 144 valence electrons. The molecule has 26 heavy (non-hydrogen) atoms. The van der Waals surface area contributed by atoms with Crippen molar-refractivity contribution in [2.24, 2.45) is 5.92 Å². The molecular weight excluding hydrogens is 334 g/mol. The van der Waals surface area contributed by atoms with E-state index in [0.29, 0.717) is 11.3 Å². The van der Waals surface area contributed by atoms with Crippen LogP contribution in [0.3, 0.4) is 0 Å². The van der Waals surface area contributed by atoms with E-state index in [0.717, 1.165) is 25.9 Å². The van der Waals surface area contributed by atoms with Crippen molar-refractivity contribution in [1.29, 1.82) is 0 Å². The SMILES string of the molecule is CCCN(CCC)C(=O)c1ccc(NC(=O)N(C)CC(C)C(=O)O)cc1. The Kier molecular flexibility index (Phi) is 8.61. The van der Waals surface area contributed by atoms with Gasteiger partial charge in [-0.3, -0.25) is 9.59 Å². The van der Waals surface area contributed by atoms with Gasteiger partial charge in [-0.25, -0.2) is 4.79 Å². The maximum absolute atomic E-state index is 12.5. The summed E-state index contributed by atoms with van der Waals surface area (Å²) >= 11 is 0. The Bertz CT molecular complexity index is 610. The molecule has 0 aliphatic carbocycles. The highest BCUT2D eigenvalue weighted by molar-refractivity contribution is 5.95. The van der Waals surface area contributed by atoms with Crippen molar-refractivity contribution in [2.45, 2.75) is 33.6 Å². The molecule has 1 aromatic rings. The second kappa shape index (κ2) is 10.4. The Morgan fingerprint density at radius 2 is 1.62 bits per heavy atom. The minimum atomic E-state index is -0.948. The predicted molar refractivity (Wildman–Crippen MR) is 101 cm³/mol. The van der Waals surface area contributed by atoms with Gasteiger partial charge in [0, 0.05) is 37.9 Å².